The van der Waals surface area contributed by atoms with Gasteiger partial charge in [0.25, 0.3) is 5.91 Å². The number of carbonyl (C=O) groups is 2. The van der Waals surface area contributed by atoms with E-state index in [1.165, 1.54) is 12.1 Å². The fourth-order valence-electron chi connectivity index (χ4n) is 0.960. The summed E-state index contributed by atoms with van der Waals surface area (Å²) in [7, 11) is 0. The van der Waals surface area contributed by atoms with Crippen LogP contribution in [0.15, 0.2) is 24.3 Å². The fourth-order valence-corrected chi connectivity index (χ4v) is 0.960. The Bertz CT molecular complexity index is 373. The molecule has 15 heavy (non-hydrogen) atoms. The molecular weight excluding hydrogens is 196 g/mol. The van der Waals surface area contributed by atoms with E-state index in [1.807, 2.05) is 0 Å². The zero-order chi connectivity index (χ0) is 11.4. The zero-order valence-corrected chi connectivity index (χ0v) is 8.27. The van der Waals surface area contributed by atoms with Crippen molar-refractivity contribution in [2.45, 2.75) is 13.0 Å². The quantitative estimate of drug-likeness (QED) is 0.731. The molecule has 0 heterocycles. The molecule has 0 fully saturated rings. The molecule has 0 aromatic heterocycles. The molecule has 5 nitrogen and oxygen atoms in total. The van der Waals surface area contributed by atoms with E-state index in [2.05, 4.69) is 0 Å². The monoisotopic (exact) mass is 208 g/mol. The maximum absolute atomic E-state index is 10.7. The van der Waals surface area contributed by atoms with Crippen LogP contribution in [0.5, 0.6) is 5.75 Å². The van der Waals surface area contributed by atoms with Crippen molar-refractivity contribution < 1.29 is 14.3 Å². The lowest BCUT2D eigenvalue weighted by Crippen LogP contribution is -2.30. The number of hydrogen-bond acceptors (Lipinski definition) is 3. The Morgan fingerprint density at radius 3 is 2.13 bits per heavy atom. The molecule has 0 bridgehead atoms. The van der Waals surface area contributed by atoms with Crippen LogP contribution in [0, 0.1) is 0 Å². The Labute approximate surface area is 87.0 Å². The van der Waals surface area contributed by atoms with Crippen LogP contribution in [0.1, 0.15) is 17.3 Å². The van der Waals surface area contributed by atoms with Crippen LogP contribution < -0.4 is 16.2 Å². The van der Waals surface area contributed by atoms with Crippen LogP contribution in [0.2, 0.25) is 0 Å². The van der Waals surface area contributed by atoms with Crippen LogP contribution in [-0.4, -0.2) is 17.9 Å². The van der Waals surface area contributed by atoms with Crippen molar-refractivity contribution in [1.82, 2.24) is 0 Å². The molecule has 80 valence electrons. The molecule has 1 aromatic carbocycles. The van der Waals surface area contributed by atoms with Crippen molar-refractivity contribution in [3.63, 3.8) is 0 Å². The molecule has 0 aliphatic rings. The topological polar surface area (TPSA) is 95.4 Å². The smallest absolute Gasteiger partial charge is 0.258 e. The standard InChI is InChI=1S/C10H12N2O3/c1-6(9(11)13)15-8-4-2-7(3-5-8)10(12)14/h2-6H,1H3,(H2,11,13)(H2,12,14)/t6-/m1/s1. The minimum absolute atomic E-state index is 0.383. The van der Waals surface area contributed by atoms with Gasteiger partial charge in [-0.15, -0.1) is 0 Å². The third-order valence-electron chi connectivity index (χ3n) is 1.85. The van der Waals surface area contributed by atoms with Gasteiger partial charge in [-0.25, -0.2) is 0 Å². The summed E-state index contributed by atoms with van der Waals surface area (Å²) < 4.78 is 5.18. The molecule has 2 amide bonds. The summed E-state index contributed by atoms with van der Waals surface area (Å²) in [5, 5.41) is 0. The van der Waals surface area contributed by atoms with Gasteiger partial charge >= 0.3 is 0 Å². The minimum Gasteiger partial charge on any atom is -0.481 e. The summed E-state index contributed by atoms with van der Waals surface area (Å²) in [5.41, 5.74) is 10.5. The van der Waals surface area contributed by atoms with Gasteiger partial charge in [0.1, 0.15) is 5.75 Å². The van der Waals surface area contributed by atoms with E-state index in [0.717, 1.165) is 0 Å². The molecule has 1 atom stereocenters. The second kappa shape index (κ2) is 4.45. The lowest BCUT2D eigenvalue weighted by atomic mass is 10.2. The maximum atomic E-state index is 10.7. The average Bonchev–Trinajstić information content (AvgIpc) is 2.18. The predicted octanol–water partition coefficient (Wildman–Crippen LogP) is 0.0381. The van der Waals surface area contributed by atoms with Crippen molar-refractivity contribution in [3.05, 3.63) is 29.8 Å². The molecule has 0 saturated carbocycles. The first-order valence-electron chi connectivity index (χ1n) is 4.36. The summed E-state index contributed by atoms with van der Waals surface area (Å²) in [4.78, 5) is 21.5. The predicted molar refractivity (Wildman–Crippen MR) is 54.2 cm³/mol. The maximum Gasteiger partial charge on any atom is 0.258 e. The van der Waals surface area contributed by atoms with Gasteiger partial charge in [-0.05, 0) is 31.2 Å². The van der Waals surface area contributed by atoms with Gasteiger partial charge < -0.3 is 16.2 Å². The molecule has 0 spiro atoms. The lowest BCUT2D eigenvalue weighted by Gasteiger charge is -2.10. The van der Waals surface area contributed by atoms with Crippen LogP contribution in [0.3, 0.4) is 0 Å². The third-order valence-corrected chi connectivity index (χ3v) is 1.85. The molecule has 1 rings (SSSR count). The molecule has 4 N–H and O–H groups in total. The SMILES string of the molecule is C[C@@H](Oc1ccc(C(N)=O)cc1)C(N)=O. The Morgan fingerprint density at radius 2 is 1.73 bits per heavy atom. The lowest BCUT2D eigenvalue weighted by molar-refractivity contribution is -0.123. The summed E-state index contributed by atoms with van der Waals surface area (Å²) in [5.74, 6) is -0.593. The molecule has 0 aliphatic heterocycles. The number of nitrogens with two attached hydrogens (primary N) is 2. The normalized spacial score (nSPS) is 11.8. The van der Waals surface area contributed by atoms with E-state index in [9.17, 15) is 9.59 Å². The largest absolute Gasteiger partial charge is 0.481 e. The van der Waals surface area contributed by atoms with Gasteiger partial charge in [-0.3, -0.25) is 9.59 Å². The number of amides is 2. The number of benzene rings is 1. The van der Waals surface area contributed by atoms with E-state index in [4.69, 9.17) is 16.2 Å². The number of ether oxygens (including phenoxy) is 1. The van der Waals surface area contributed by atoms with E-state index < -0.39 is 17.9 Å². The second-order valence-corrected chi connectivity index (χ2v) is 3.05. The summed E-state index contributed by atoms with van der Waals surface area (Å²) in [6.07, 6.45) is -0.704. The molecule has 5 heteroatoms. The molecule has 0 aliphatic carbocycles. The van der Waals surface area contributed by atoms with Crippen molar-refractivity contribution in [2.24, 2.45) is 11.5 Å². The number of rotatable bonds is 4. The first kappa shape index (κ1) is 11.0. The van der Waals surface area contributed by atoms with E-state index in [-0.39, 0.29) is 0 Å². The highest BCUT2D eigenvalue weighted by molar-refractivity contribution is 5.92. The van der Waals surface area contributed by atoms with E-state index >= 15 is 0 Å². The van der Waals surface area contributed by atoms with Crippen LogP contribution >= 0.6 is 0 Å². The summed E-state index contributed by atoms with van der Waals surface area (Å²) >= 11 is 0. The van der Waals surface area contributed by atoms with Gasteiger partial charge in [0.05, 0.1) is 0 Å². The van der Waals surface area contributed by atoms with Crippen LogP contribution in [-0.2, 0) is 4.79 Å². The first-order chi connectivity index (χ1) is 7.00. The summed E-state index contributed by atoms with van der Waals surface area (Å²) in [6, 6.07) is 6.15. The van der Waals surface area contributed by atoms with Gasteiger partial charge in [-0.1, -0.05) is 0 Å². The van der Waals surface area contributed by atoms with Crippen molar-refractivity contribution >= 4 is 11.8 Å². The van der Waals surface area contributed by atoms with E-state index in [0.29, 0.717) is 11.3 Å². The van der Waals surface area contributed by atoms with Crippen molar-refractivity contribution in [3.8, 4) is 5.75 Å². The van der Waals surface area contributed by atoms with Gasteiger partial charge in [-0.2, -0.15) is 0 Å². The van der Waals surface area contributed by atoms with E-state index in [1.54, 1.807) is 19.1 Å². The zero-order valence-electron chi connectivity index (χ0n) is 8.27. The van der Waals surface area contributed by atoms with Gasteiger partial charge in [0.15, 0.2) is 6.10 Å². The molecule has 0 radical (unpaired) electrons. The Hall–Kier alpha value is -2.04. The molecular formula is C10H12N2O3. The number of hydrogen-bond donors (Lipinski definition) is 2. The van der Waals surface area contributed by atoms with Crippen molar-refractivity contribution in [1.29, 1.82) is 0 Å². The second-order valence-electron chi connectivity index (χ2n) is 3.05. The highest BCUT2D eigenvalue weighted by Crippen LogP contribution is 2.13. The number of carbonyl (C=O) groups excluding carboxylic acids is 2. The number of primary amides is 2. The fraction of sp³-hybridized carbons (Fsp3) is 0.200. The highest BCUT2D eigenvalue weighted by atomic mass is 16.5. The van der Waals surface area contributed by atoms with Crippen LogP contribution in [0.25, 0.3) is 0 Å². The van der Waals surface area contributed by atoms with Gasteiger partial charge in [0.2, 0.25) is 5.91 Å². The summed E-state index contributed by atoms with van der Waals surface area (Å²) in [6.45, 7) is 1.55. The molecule has 1 aromatic rings. The Balaban J connectivity index is 2.72. The minimum atomic E-state index is -0.704. The average molecular weight is 208 g/mol. The molecule has 0 saturated heterocycles. The first-order valence-corrected chi connectivity index (χ1v) is 4.36. The van der Waals surface area contributed by atoms with Crippen LogP contribution in [0.4, 0.5) is 0 Å². The van der Waals surface area contributed by atoms with Crippen molar-refractivity contribution in [2.75, 3.05) is 0 Å². The Kier molecular flexibility index (Phi) is 3.28. The third kappa shape index (κ3) is 2.98. The Morgan fingerprint density at radius 1 is 1.20 bits per heavy atom. The highest BCUT2D eigenvalue weighted by Gasteiger charge is 2.10. The molecule has 0 unspecified atom stereocenters. The van der Waals surface area contributed by atoms with Gasteiger partial charge in [0, 0.05) is 5.56 Å².